The number of amides is 1. The van der Waals surface area contributed by atoms with Crippen LogP contribution in [0.2, 0.25) is 0 Å². The van der Waals surface area contributed by atoms with Crippen molar-refractivity contribution in [2.75, 3.05) is 4.90 Å². The minimum atomic E-state index is -1.79. The Morgan fingerprint density at radius 3 is 2.50 bits per heavy atom. The molecule has 8 heteroatoms. The van der Waals surface area contributed by atoms with E-state index in [2.05, 4.69) is 13.0 Å². The molecule has 2 unspecified atom stereocenters. The summed E-state index contributed by atoms with van der Waals surface area (Å²) in [4.78, 5) is 43.6. The van der Waals surface area contributed by atoms with Gasteiger partial charge in [0.05, 0.1) is 16.8 Å². The van der Waals surface area contributed by atoms with Crippen molar-refractivity contribution in [3.8, 4) is 11.8 Å². The van der Waals surface area contributed by atoms with Gasteiger partial charge in [0.2, 0.25) is 11.8 Å². The lowest BCUT2D eigenvalue weighted by Gasteiger charge is -2.45. The first-order valence-corrected chi connectivity index (χ1v) is 13.5. The van der Waals surface area contributed by atoms with E-state index in [1.54, 1.807) is 41.3 Å². The number of fused-ring (bicyclic) bond motifs is 2. The van der Waals surface area contributed by atoms with E-state index in [0.717, 1.165) is 5.56 Å². The summed E-state index contributed by atoms with van der Waals surface area (Å²) < 4.78 is 11.8. The van der Waals surface area contributed by atoms with Crippen LogP contribution in [0.3, 0.4) is 0 Å². The molecule has 2 N–H and O–H groups in total. The van der Waals surface area contributed by atoms with Crippen LogP contribution in [0.15, 0.2) is 65.3 Å². The fourth-order valence-corrected chi connectivity index (χ4v) is 7.14. The Morgan fingerprint density at radius 2 is 1.82 bits per heavy atom. The van der Waals surface area contributed by atoms with Crippen molar-refractivity contribution in [3.63, 3.8) is 0 Å². The van der Waals surface area contributed by atoms with Gasteiger partial charge < -0.3 is 20.1 Å². The maximum absolute atomic E-state index is 14.8. The minimum Gasteiger partial charge on any atom is -0.444 e. The molecule has 0 aromatic heterocycles. The third-order valence-corrected chi connectivity index (χ3v) is 8.60. The van der Waals surface area contributed by atoms with E-state index in [4.69, 9.17) is 15.2 Å². The molecule has 4 aliphatic rings. The van der Waals surface area contributed by atoms with Crippen molar-refractivity contribution in [3.05, 3.63) is 81.9 Å². The number of benzene rings is 2. The summed E-state index contributed by atoms with van der Waals surface area (Å²) in [6, 6.07) is 14.2. The van der Waals surface area contributed by atoms with E-state index in [1.165, 1.54) is 0 Å². The summed E-state index contributed by atoms with van der Waals surface area (Å²) in [6.07, 6.45) is 1.20. The largest absolute Gasteiger partial charge is 0.444 e. The fraction of sp³-hybridized carbons (Fsp3) is 0.375. The second-order valence-corrected chi connectivity index (χ2v) is 12.7. The van der Waals surface area contributed by atoms with Gasteiger partial charge in [-0.05, 0) is 61.4 Å². The maximum atomic E-state index is 14.8. The Kier molecular flexibility index (Phi) is 5.38. The summed E-state index contributed by atoms with van der Waals surface area (Å²) in [6.45, 7) is 9.94. The molecule has 0 fully saturated rings. The maximum Gasteiger partial charge on any atom is 0.343 e. The molecule has 204 valence electrons. The Labute approximate surface area is 233 Å². The van der Waals surface area contributed by atoms with Crippen molar-refractivity contribution >= 4 is 23.3 Å². The highest BCUT2D eigenvalue weighted by molar-refractivity contribution is 6.21. The number of Topliss-reactive ketones (excluding diaryl/α,β-unsaturated/α-hetero) is 1. The van der Waals surface area contributed by atoms with Crippen LogP contribution in [-0.2, 0) is 19.7 Å². The highest BCUT2D eigenvalue weighted by Gasteiger charge is 2.66. The molecule has 1 amide bonds. The lowest BCUT2D eigenvalue weighted by atomic mass is 9.62. The molecule has 8 nitrogen and oxygen atoms in total. The van der Waals surface area contributed by atoms with Crippen molar-refractivity contribution in [2.24, 2.45) is 11.1 Å². The van der Waals surface area contributed by atoms with Gasteiger partial charge in [0.25, 0.3) is 0 Å². The third kappa shape index (κ3) is 3.40. The second kappa shape index (κ2) is 8.31. The number of allylic oxidation sites excluding steroid dienone is 1. The van der Waals surface area contributed by atoms with Crippen LogP contribution in [-0.4, -0.2) is 23.2 Å². The molecule has 3 aliphatic heterocycles. The molecule has 0 saturated heterocycles. The number of hydrogen-bond donors (Lipinski definition) is 1. The highest BCUT2D eigenvalue weighted by Crippen LogP contribution is 2.62. The number of nitrogens with zero attached hydrogens (tertiary/aromatic N) is 2. The predicted octanol–water partition coefficient (Wildman–Crippen LogP) is 5.14. The van der Waals surface area contributed by atoms with Crippen LogP contribution < -0.4 is 15.4 Å². The van der Waals surface area contributed by atoms with E-state index in [-0.39, 0.29) is 40.9 Å². The van der Waals surface area contributed by atoms with E-state index >= 15 is 0 Å². The highest BCUT2D eigenvalue weighted by atomic mass is 16.5. The monoisotopic (exact) mass is 537 g/mol. The van der Waals surface area contributed by atoms with Crippen LogP contribution in [0.1, 0.15) is 81.3 Å². The van der Waals surface area contributed by atoms with E-state index in [0.29, 0.717) is 35.4 Å². The summed E-state index contributed by atoms with van der Waals surface area (Å²) >= 11 is 0. The SMILES string of the molecule is CC1CC(C)(C)N2C(=O)C3(C(C#N)=C(N)OC4=C3C(=O)CC(C)(C)C4)c3cc(OC(=O)c4ccccc4)cc1c32. The number of nitriles is 1. The minimum absolute atomic E-state index is 0.000490. The van der Waals surface area contributed by atoms with E-state index < -0.39 is 28.2 Å². The first kappa shape index (κ1) is 25.9. The van der Waals surface area contributed by atoms with Crippen LogP contribution >= 0.6 is 0 Å². The normalized spacial score (nSPS) is 25.8. The van der Waals surface area contributed by atoms with Gasteiger partial charge in [-0.25, -0.2) is 4.79 Å². The Morgan fingerprint density at radius 1 is 1.12 bits per heavy atom. The summed E-state index contributed by atoms with van der Waals surface area (Å²) in [7, 11) is 0. The average molecular weight is 538 g/mol. The quantitative estimate of drug-likeness (QED) is 0.415. The Bertz CT molecular complexity index is 1630. The average Bonchev–Trinajstić information content (AvgIpc) is 3.11. The van der Waals surface area contributed by atoms with Gasteiger partial charge in [-0.2, -0.15) is 5.26 Å². The lowest BCUT2D eigenvalue weighted by Crippen LogP contribution is -2.56. The molecule has 0 bridgehead atoms. The van der Waals surface area contributed by atoms with Gasteiger partial charge in [0.15, 0.2) is 5.78 Å². The number of ether oxygens (including phenoxy) is 2. The van der Waals surface area contributed by atoms with Gasteiger partial charge in [-0.1, -0.05) is 39.0 Å². The van der Waals surface area contributed by atoms with E-state index in [9.17, 15) is 19.6 Å². The molecule has 1 spiro atoms. The zero-order valence-electron chi connectivity index (χ0n) is 23.3. The van der Waals surface area contributed by atoms with Crippen LogP contribution in [0.4, 0.5) is 5.69 Å². The first-order chi connectivity index (χ1) is 18.8. The van der Waals surface area contributed by atoms with Crippen LogP contribution in [0, 0.1) is 16.7 Å². The van der Waals surface area contributed by atoms with Gasteiger partial charge >= 0.3 is 5.97 Å². The smallest absolute Gasteiger partial charge is 0.343 e. The molecule has 3 heterocycles. The number of carbonyl (C=O) groups is 3. The van der Waals surface area contributed by atoms with Crippen molar-refractivity contribution in [1.29, 1.82) is 5.26 Å². The first-order valence-electron chi connectivity index (χ1n) is 13.5. The van der Waals surface area contributed by atoms with Crippen molar-refractivity contribution < 1.29 is 23.9 Å². The number of ketones is 1. The number of esters is 1. The molecule has 2 aromatic rings. The van der Waals surface area contributed by atoms with Gasteiger partial charge in [-0.15, -0.1) is 0 Å². The molecule has 2 aromatic carbocycles. The van der Waals surface area contributed by atoms with Crippen LogP contribution in [0.5, 0.6) is 5.75 Å². The van der Waals surface area contributed by atoms with Crippen LogP contribution in [0.25, 0.3) is 0 Å². The molecule has 40 heavy (non-hydrogen) atoms. The Hall–Kier alpha value is -4.38. The number of hydrogen-bond acceptors (Lipinski definition) is 7. The van der Waals surface area contributed by atoms with E-state index in [1.807, 2.05) is 33.8 Å². The molecule has 1 aliphatic carbocycles. The van der Waals surface area contributed by atoms with Crippen molar-refractivity contribution in [2.45, 2.75) is 70.8 Å². The molecule has 0 saturated carbocycles. The fourth-order valence-electron chi connectivity index (χ4n) is 7.14. The number of carbonyl (C=O) groups excluding carboxylic acids is 3. The molecule has 6 rings (SSSR count). The standard InChI is InChI=1S/C32H31N3O5/c1-17-13-31(4,5)35-26-20(17)11-19(39-28(37)18-9-7-6-8-10-18)12-21(26)32(29(35)38)22(16-33)27(34)40-24-15-30(2,3)14-23(36)25(24)32/h6-12,17H,13-15,34H2,1-5H3. The third-order valence-electron chi connectivity index (χ3n) is 8.60. The molecule has 2 atom stereocenters. The second-order valence-electron chi connectivity index (χ2n) is 12.7. The zero-order valence-corrected chi connectivity index (χ0v) is 23.3. The lowest BCUT2D eigenvalue weighted by molar-refractivity contribution is -0.126. The number of anilines is 1. The van der Waals surface area contributed by atoms with Crippen molar-refractivity contribution in [1.82, 2.24) is 0 Å². The van der Waals surface area contributed by atoms with Gasteiger partial charge in [0, 0.05) is 23.9 Å². The molecular weight excluding hydrogens is 506 g/mol. The van der Waals surface area contributed by atoms with Gasteiger partial charge in [0.1, 0.15) is 28.6 Å². The molecule has 0 radical (unpaired) electrons. The number of nitrogens with two attached hydrogens (primary N) is 1. The van der Waals surface area contributed by atoms with Gasteiger partial charge in [-0.3, -0.25) is 9.59 Å². The summed E-state index contributed by atoms with van der Waals surface area (Å²) in [5.41, 5.74) is 5.85. The topological polar surface area (TPSA) is 123 Å². The number of rotatable bonds is 2. The summed E-state index contributed by atoms with van der Waals surface area (Å²) in [5, 5.41) is 10.4. The molecular formula is C32H31N3O5. The summed E-state index contributed by atoms with van der Waals surface area (Å²) in [5.74, 6) is -0.856. The Balaban J connectivity index is 1.66. The predicted molar refractivity (Wildman–Crippen MR) is 147 cm³/mol. The zero-order chi connectivity index (χ0) is 28.8.